The quantitative estimate of drug-likeness (QED) is 0.632. The van der Waals surface area contributed by atoms with Gasteiger partial charge in [-0.25, -0.2) is 4.68 Å². The minimum atomic E-state index is 0.0959. The molecule has 2 unspecified atom stereocenters. The Bertz CT molecular complexity index is 851. The second-order valence-corrected chi connectivity index (χ2v) is 5.17. The Kier molecular flexibility index (Phi) is 1.84. The molecule has 4 nitrogen and oxygen atoms in total. The van der Waals surface area contributed by atoms with Crippen molar-refractivity contribution in [3.8, 4) is 5.69 Å². The van der Waals surface area contributed by atoms with Crippen molar-refractivity contribution in [1.82, 2.24) is 15.0 Å². The number of fused-ring (bicyclic) bond motifs is 6. The molecule has 0 aliphatic carbocycles. The van der Waals surface area contributed by atoms with Gasteiger partial charge in [-0.2, -0.15) is 0 Å². The summed E-state index contributed by atoms with van der Waals surface area (Å²) in [6.45, 7) is 0. The van der Waals surface area contributed by atoms with Crippen LogP contribution >= 0.6 is 0 Å². The molecule has 2 aliphatic heterocycles. The van der Waals surface area contributed by atoms with Crippen molar-refractivity contribution < 1.29 is 4.74 Å². The number of aromatic nitrogens is 3. The zero-order valence-corrected chi connectivity index (χ0v) is 10.6. The van der Waals surface area contributed by atoms with Crippen molar-refractivity contribution in [2.24, 2.45) is 0 Å². The van der Waals surface area contributed by atoms with E-state index in [2.05, 4.69) is 34.6 Å². The van der Waals surface area contributed by atoms with Crippen LogP contribution in [0.1, 0.15) is 23.3 Å². The van der Waals surface area contributed by atoms with Gasteiger partial charge in [-0.3, -0.25) is 0 Å². The summed E-state index contributed by atoms with van der Waals surface area (Å²) in [4.78, 5) is 0. The van der Waals surface area contributed by atoms with Gasteiger partial charge >= 0.3 is 0 Å². The Morgan fingerprint density at radius 1 is 0.950 bits per heavy atom. The molecule has 0 saturated heterocycles. The zero-order chi connectivity index (χ0) is 13.1. The van der Waals surface area contributed by atoms with Crippen LogP contribution in [0.2, 0.25) is 0 Å². The second-order valence-electron chi connectivity index (χ2n) is 5.17. The van der Waals surface area contributed by atoms with Gasteiger partial charge in [0.2, 0.25) is 0 Å². The van der Waals surface area contributed by atoms with E-state index in [0.717, 1.165) is 16.7 Å². The van der Waals surface area contributed by atoms with Crippen molar-refractivity contribution in [2.75, 3.05) is 0 Å². The molecule has 0 spiro atoms. The average Bonchev–Trinajstić information content (AvgIpc) is 3.20. The third-order valence-electron chi connectivity index (χ3n) is 4.02. The van der Waals surface area contributed by atoms with Crippen molar-refractivity contribution >= 4 is 11.0 Å². The van der Waals surface area contributed by atoms with Crippen molar-refractivity contribution in [3.63, 3.8) is 0 Å². The molecular formula is C16H11N3O. The summed E-state index contributed by atoms with van der Waals surface area (Å²) in [7, 11) is 0. The minimum Gasteiger partial charge on any atom is -0.357 e. The predicted octanol–water partition coefficient (Wildman–Crippen LogP) is 3.10. The number of benzene rings is 2. The number of nitrogens with zero attached hydrogens (tertiary/aromatic N) is 3. The Morgan fingerprint density at radius 3 is 2.50 bits per heavy atom. The van der Waals surface area contributed by atoms with E-state index in [4.69, 9.17) is 4.74 Å². The van der Waals surface area contributed by atoms with Crippen LogP contribution in [0.5, 0.6) is 0 Å². The van der Waals surface area contributed by atoms with Crippen LogP contribution in [0.3, 0.4) is 0 Å². The van der Waals surface area contributed by atoms with Gasteiger partial charge in [0, 0.05) is 0 Å². The van der Waals surface area contributed by atoms with Gasteiger partial charge in [0.25, 0.3) is 0 Å². The van der Waals surface area contributed by atoms with Gasteiger partial charge in [-0.05, 0) is 35.4 Å². The summed E-state index contributed by atoms with van der Waals surface area (Å²) in [5.41, 5.74) is 5.43. The maximum Gasteiger partial charge on any atom is 0.114 e. The summed E-state index contributed by atoms with van der Waals surface area (Å²) in [6, 6.07) is 14.3. The average molecular weight is 261 g/mol. The van der Waals surface area contributed by atoms with E-state index in [9.17, 15) is 0 Å². The summed E-state index contributed by atoms with van der Waals surface area (Å²) < 4.78 is 7.74. The molecule has 0 amide bonds. The molecule has 4 heteroatoms. The van der Waals surface area contributed by atoms with E-state index in [1.54, 1.807) is 0 Å². The van der Waals surface area contributed by atoms with Crippen molar-refractivity contribution in [2.45, 2.75) is 12.2 Å². The third kappa shape index (κ3) is 1.24. The molecule has 96 valence electrons. The highest BCUT2D eigenvalue weighted by Crippen LogP contribution is 2.46. The van der Waals surface area contributed by atoms with E-state index in [-0.39, 0.29) is 12.2 Å². The molecule has 2 atom stereocenters. The van der Waals surface area contributed by atoms with Crippen molar-refractivity contribution in [3.05, 3.63) is 65.7 Å². The summed E-state index contributed by atoms with van der Waals surface area (Å²) >= 11 is 0. The standard InChI is InChI=1S/C16H11N3O/c1-2-4-10(5-3-1)19-14-9-12-11(8-13(14)17-18-19)15-6-7-16(12)20-15/h1-9,15-16H. The summed E-state index contributed by atoms with van der Waals surface area (Å²) in [5, 5.41) is 8.57. The Morgan fingerprint density at radius 2 is 1.70 bits per heavy atom. The molecule has 0 N–H and O–H groups in total. The predicted molar refractivity (Wildman–Crippen MR) is 74.6 cm³/mol. The first-order valence-corrected chi connectivity index (χ1v) is 6.68. The number of rotatable bonds is 1. The Hall–Kier alpha value is -2.46. The monoisotopic (exact) mass is 261 g/mol. The maximum atomic E-state index is 5.86. The lowest BCUT2D eigenvalue weighted by molar-refractivity contribution is 0.0879. The molecule has 3 aromatic rings. The largest absolute Gasteiger partial charge is 0.357 e. The summed E-state index contributed by atoms with van der Waals surface area (Å²) in [5.74, 6) is 0. The summed E-state index contributed by atoms with van der Waals surface area (Å²) in [6.07, 6.45) is 4.43. The fourth-order valence-electron chi connectivity index (χ4n) is 3.06. The number of hydrogen-bond acceptors (Lipinski definition) is 3. The third-order valence-corrected chi connectivity index (χ3v) is 4.02. The number of ether oxygens (including phenoxy) is 1. The molecule has 2 aliphatic rings. The van der Waals surface area contributed by atoms with E-state index in [0.29, 0.717) is 0 Å². The minimum absolute atomic E-state index is 0.0959. The lowest BCUT2D eigenvalue weighted by Gasteiger charge is -2.07. The lowest BCUT2D eigenvalue weighted by atomic mass is 9.96. The highest BCUT2D eigenvalue weighted by molar-refractivity contribution is 5.79. The van der Waals surface area contributed by atoms with E-state index < -0.39 is 0 Å². The molecule has 2 bridgehead atoms. The normalized spacial score (nSPS) is 22.6. The van der Waals surface area contributed by atoms with Gasteiger partial charge in [-0.1, -0.05) is 35.6 Å². The molecule has 3 heterocycles. The second kappa shape index (κ2) is 3.55. The molecule has 1 aromatic heterocycles. The van der Waals surface area contributed by atoms with Gasteiger partial charge in [-0.15, -0.1) is 5.10 Å². The van der Waals surface area contributed by atoms with Crippen LogP contribution in [-0.4, -0.2) is 15.0 Å². The zero-order valence-electron chi connectivity index (χ0n) is 10.6. The van der Waals surface area contributed by atoms with Crippen LogP contribution in [0, 0.1) is 0 Å². The van der Waals surface area contributed by atoms with Gasteiger partial charge < -0.3 is 4.74 Å². The fourth-order valence-corrected chi connectivity index (χ4v) is 3.06. The molecule has 20 heavy (non-hydrogen) atoms. The highest BCUT2D eigenvalue weighted by Gasteiger charge is 2.34. The first-order valence-electron chi connectivity index (χ1n) is 6.68. The molecular weight excluding hydrogens is 250 g/mol. The van der Waals surface area contributed by atoms with E-state index in [1.165, 1.54) is 11.1 Å². The first-order chi connectivity index (χ1) is 9.90. The van der Waals surface area contributed by atoms with Gasteiger partial charge in [0.1, 0.15) is 17.7 Å². The smallest absolute Gasteiger partial charge is 0.114 e. The fraction of sp³-hybridized carbons (Fsp3) is 0.125. The number of hydrogen-bond donors (Lipinski definition) is 0. The van der Waals surface area contributed by atoms with Crippen LogP contribution < -0.4 is 0 Å². The van der Waals surface area contributed by atoms with Crippen LogP contribution in [0.15, 0.2) is 54.6 Å². The van der Waals surface area contributed by atoms with E-state index >= 15 is 0 Å². The maximum absolute atomic E-state index is 5.86. The molecule has 2 aromatic carbocycles. The lowest BCUT2D eigenvalue weighted by Crippen LogP contribution is -1.98. The van der Waals surface area contributed by atoms with Gasteiger partial charge in [0.15, 0.2) is 0 Å². The van der Waals surface area contributed by atoms with Crippen LogP contribution in [0.25, 0.3) is 16.7 Å². The molecule has 0 fully saturated rings. The molecule has 0 radical (unpaired) electrons. The first kappa shape index (κ1) is 10.3. The molecule has 0 saturated carbocycles. The topological polar surface area (TPSA) is 39.9 Å². The number of para-hydroxylation sites is 1. The Labute approximate surface area is 115 Å². The van der Waals surface area contributed by atoms with Crippen molar-refractivity contribution in [1.29, 1.82) is 0 Å². The van der Waals surface area contributed by atoms with Crippen LogP contribution in [-0.2, 0) is 4.74 Å². The van der Waals surface area contributed by atoms with E-state index in [1.807, 2.05) is 35.0 Å². The van der Waals surface area contributed by atoms with Crippen LogP contribution in [0.4, 0.5) is 0 Å². The van der Waals surface area contributed by atoms with Gasteiger partial charge in [0.05, 0.1) is 11.2 Å². The molecule has 5 rings (SSSR count). The SMILES string of the molecule is C1=CC2OC1c1cc3nnn(-c4ccccc4)c3cc12. The highest BCUT2D eigenvalue weighted by atomic mass is 16.5. The Balaban J connectivity index is 1.77.